The first kappa shape index (κ1) is 22.0. The van der Waals surface area contributed by atoms with Gasteiger partial charge in [-0.3, -0.25) is 9.89 Å². The molecule has 1 fully saturated rings. The number of fused-ring (bicyclic) bond motifs is 1. The Morgan fingerprint density at radius 2 is 1.88 bits per heavy atom. The predicted molar refractivity (Wildman–Crippen MR) is 134 cm³/mol. The topological polar surface area (TPSA) is 81.7 Å². The highest BCUT2D eigenvalue weighted by Gasteiger charge is 2.21. The minimum Gasteiger partial charge on any atom is -0.507 e. The van der Waals surface area contributed by atoms with E-state index in [1.807, 2.05) is 30.3 Å². The summed E-state index contributed by atoms with van der Waals surface area (Å²) in [4.78, 5) is 17.2. The third kappa shape index (κ3) is 4.34. The first-order valence-corrected chi connectivity index (χ1v) is 11.5. The molecule has 5 rings (SSSR count). The van der Waals surface area contributed by atoms with Gasteiger partial charge in [0.1, 0.15) is 5.75 Å². The number of hydrogen-bond acceptors (Lipinski definition) is 5. The number of phenols is 1. The molecule has 1 aliphatic rings. The fraction of sp³-hybridized carbons (Fsp3) is 0.259. The molecule has 7 nitrogen and oxygen atoms in total. The molecule has 34 heavy (non-hydrogen) atoms. The van der Waals surface area contributed by atoms with Crippen LogP contribution in [0.1, 0.15) is 27.2 Å². The van der Waals surface area contributed by atoms with Gasteiger partial charge in [-0.05, 0) is 42.8 Å². The molecule has 4 aromatic rings. The molecule has 0 unspecified atom stereocenters. The van der Waals surface area contributed by atoms with Gasteiger partial charge in [0.05, 0.1) is 30.0 Å². The summed E-state index contributed by atoms with van der Waals surface area (Å²) >= 11 is 0. The number of aromatic hydroxyl groups is 1. The maximum Gasteiger partial charge on any atom is 0.261 e. The molecule has 7 heteroatoms. The van der Waals surface area contributed by atoms with Gasteiger partial charge in [0.15, 0.2) is 0 Å². The summed E-state index contributed by atoms with van der Waals surface area (Å²) in [6.07, 6.45) is 0.638. The molecule has 2 N–H and O–H groups in total. The van der Waals surface area contributed by atoms with E-state index in [1.165, 1.54) is 5.56 Å². The number of carbonyl (C=O) groups is 1. The maximum atomic E-state index is 13.3. The number of amides is 1. The number of aryl methyl sites for hydroxylation is 1. The summed E-state index contributed by atoms with van der Waals surface area (Å²) in [7, 11) is 1.72. The number of aromatic nitrogens is 2. The summed E-state index contributed by atoms with van der Waals surface area (Å²) in [6, 6.07) is 19.5. The molecular weight excluding hydrogens is 428 g/mol. The van der Waals surface area contributed by atoms with Crippen LogP contribution in [0, 0.1) is 6.92 Å². The van der Waals surface area contributed by atoms with Crippen molar-refractivity contribution in [3.8, 4) is 5.75 Å². The number of anilines is 2. The molecule has 0 aliphatic carbocycles. The van der Waals surface area contributed by atoms with Crippen LogP contribution in [0.15, 0.2) is 60.7 Å². The molecule has 0 radical (unpaired) electrons. The highest BCUT2D eigenvalue weighted by molar-refractivity contribution is 6.09. The third-order valence-electron chi connectivity index (χ3n) is 6.36. The van der Waals surface area contributed by atoms with Crippen molar-refractivity contribution in [3.63, 3.8) is 0 Å². The smallest absolute Gasteiger partial charge is 0.261 e. The Morgan fingerprint density at radius 1 is 1.12 bits per heavy atom. The van der Waals surface area contributed by atoms with Crippen LogP contribution in [-0.4, -0.2) is 54.6 Å². The number of carbonyl (C=O) groups excluding carboxylic acids is 1. The minimum atomic E-state index is -0.277. The second-order valence-corrected chi connectivity index (χ2v) is 8.73. The maximum absolute atomic E-state index is 13.3. The zero-order valence-electron chi connectivity index (χ0n) is 19.4. The van der Waals surface area contributed by atoms with Crippen molar-refractivity contribution in [2.24, 2.45) is 0 Å². The normalized spacial score (nSPS) is 13.9. The Bertz CT molecular complexity index is 1320. The molecule has 1 aliphatic heterocycles. The summed E-state index contributed by atoms with van der Waals surface area (Å²) < 4.78 is 5.42. The number of hydrogen-bond donors (Lipinski definition) is 2. The van der Waals surface area contributed by atoms with Crippen LogP contribution in [0.3, 0.4) is 0 Å². The molecule has 0 atom stereocenters. The van der Waals surface area contributed by atoms with E-state index in [0.717, 1.165) is 54.3 Å². The van der Waals surface area contributed by atoms with Gasteiger partial charge >= 0.3 is 0 Å². The van der Waals surface area contributed by atoms with E-state index in [-0.39, 0.29) is 17.2 Å². The van der Waals surface area contributed by atoms with Crippen LogP contribution < -0.4 is 9.80 Å². The number of nitrogens with one attached hydrogen (secondary N) is 1. The lowest BCUT2D eigenvalue weighted by Gasteiger charge is -2.29. The zero-order valence-corrected chi connectivity index (χ0v) is 19.4. The molecule has 174 valence electrons. The van der Waals surface area contributed by atoms with E-state index in [9.17, 15) is 9.90 Å². The average Bonchev–Trinajstić information content (AvgIpc) is 3.24. The van der Waals surface area contributed by atoms with Gasteiger partial charge in [-0.25, -0.2) is 0 Å². The highest BCUT2D eigenvalue weighted by Crippen LogP contribution is 2.30. The summed E-state index contributed by atoms with van der Waals surface area (Å²) in [5.74, 6) is -0.346. The SMILES string of the molecule is Cc1cccc(Cc2n[nH]c3cc(O)c(C(=O)N(C)c4ccc(N5CCOCC5)cc4)cc23)c1. The molecule has 2 heterocycles. The number of nitrogens with zero attached hydrogens (tertiary/aromatic N) is 3. The number of benzene rings is 3. The number of H-pyrrole nitrogens is 1. The summed E-state index contributed by atoms with van der Waals surface area (Å²) in [6.45, 7) is 5.23. The van der Waals surface area contributed by atoms with E-state index in [0.29, 0.717) is 11.9 Å². The zero-order chi connectivity index (χ0) is 23.7. The van der Waals surface area contributed by atoms with Gasteiger partial charge < -0.3 is 19.6 Å². The van der Waals surface area contributed by atoms with Gasteiger partial charge in [0, 0.05) is 49.4 Å². The van der Waals surface area contributed by atoms with Crippen LogP contribution in [0.4, 0.5) is 11.4 Å². The third-order valence-corrected chi connectivity index (χ3v) is 6.36. The summed E-state index contributed by atoms with van der Waals surface area (Å²) in [5, 5.41) is 18.9. The molecular formula is C27H28N4O3. The standard InChI is InChI=1S/C27H28N4O3/c1-18-4-3-5-19(14-18)15-24-22-16-23(26(32)17-25(22)29-28-24)27(33)30(2)20-6-8-21(9-7-20)31-10-12-34-13-11-31/h3-9,14,16-17,32H,10-13,15H2,1-2H3,(H,28,29). The molecule has 0 spiro atoms. The molecule has 0 bridgehead atoms. The van der Waals surface area contributed by atoms with Crippen LogP contribution >= 0.6 is 0 Å². The number of morpholine rings is 1. The predicted octanol–water partition coefficient (Wildman–Crippen LogP) is 4.28. The van der Waals surface area contributed by atoms with Crippen molar-refractivity contribution in [1.82, 2.24) is 10.2 Å². The van der Waals surface area contributed by atoms with Crippen LogP contribution in [0.25, 0.3) is 10.9 Å². The van der Waals surface area contributed by atoms with E-state index >= 15 is 0 Å². The largest absolute Gasteiger partial charge is 0.507 e. The second-order valence-electron chi connectivity index (χ2n) is 8.73. The van der Waals surface area contributed by atoms with Gasteiger partial charge in [-0.1, -0.05) is 29.8 Å². The Labute approximate surface area is 198 Å². The molecule has 3 aromatic carbocycles. The lowest BCUT2D eigenvalue weighted by Crippen LogP contribution is -2.36. The fourth-order valence-electron chi connectivity index (χ4n) is 4.44. The Morgan fingerprint density at radius 3 is 2.62 bits per heavy atom. The van der Waals surface area contributed by atoms with E-state index < -0.39 is 0 Å². The van der Waals surface area contributed by atoms with Crippen LogP contribution in [0.2, 0.25) is 0 Å². The van der Waals surface area contributed by atoms with E-state index in [4.69, 9.17) is 4.74 Å². The molecule has 0 saturated carbocycles. The minimum absolute atomic E-state index is 0.0694. The van der Waals surface area contributed by atoms with Gasteiger partial charge in [0.25, 0.3) is 5.91 Å². The van der Waals surface area contributed by atoms with Crippen molar-refractivity contribution in [3.05, 3.63) is 83.0 Å². The molecule has 1 amide bonds. The van der Waals surface area contributed by atoms with Gasteiger partial charge in [-0.15, -0.1) is 0 Å². The second kappa shape index (κ2) is 9.19. The Kier molecular flexibility index (Phi) is 5.94. The monoisotopic (exact) mass is 456 g/mol. The van der Waals surface area contributed by atoms with Crippen LogP contribution in [0.5, 0.6) is 5.75 Å². The molecule has 1 aromatic heterocycles. The Hall–Kier alpha value is -3.84. The van der Waals surface area contributed by atoms with Gasteiger partial charge in [-0.2, -0.15) is 5.10 Å². The number of rotatable bonds is 5. The van der Waals surface area contributed by atoms with Crippen LogP contribution in [-0.2, 0) is 11.2 Å². The number of ether oxygens (including phenoxy) is 1. The molecule has 1 saturated heterocycles. The summed E-state index contributed by atoms with van der Waals surface area (Å²) in [5.41, 5.74) is 5.99. The lowest BCUT2D eigenvalue weighted by molar-refractivity contribution is 0.0990. The number of phenolic OH excluding ortho intramolecular Hbond substituents is 1. The van der Waals surface area contributed by atoms with Crippen molar-refractivity contribution in [2.45, 2.75) is 13.3 Å². The van der Waals surface area contributed by atoms with Crippen molar-refractivity contribution >= 4 is 28.2 Å². The van der Waals surface area contributed by atoms with E-state index in [2.05, 4.69) is 40.2 Å². The quantitative estimate of drug-likeness (QED) is 0.468. The first-order chi connectivity index (χ1) is 16.5. The highest BCUT2D eigenvalue weighted by atomic mass is 16.5. The Balaban J connectivity index is 1.40. The average molecular weight is 457 g/mol. The van der Waals surface area contributed by atoms with E-state index in [1.54, 1.807) is 24.1 Å². The van der Waals surface area contributed by atoms with Gasteiger partial charge in [0.2, 0.25) is 0 Å². The van der Waals surface area contributed by atoms with Crippen molar-refractivity contribution < 1.29 is 14.6 Å². The fourth-order valence-corrected chi connectivity index (χ4v) is 4.44. The first-order valence-electron chi connectivity index (χ1n) is 11.5. The van der Waals surface area contributed by atoms with Crippen molar-refractivity contribution in [2.75, 3.05) is 43.2 Å². The van der Waals surface area contributed by atoms with Crippen molar-refractivity contribution in [1.29, 1.82) is 0 Å². The lowest BCUT2D eigenvalue weighted by atomic mass is 10.0. The number of aromatic amines is 1.